The van der Waals surface area contributed by atoms with E-state index in [2.05, 4.69) is 58.1 Å². The first kappa shape index (κ1) is 17.0. The summed E-state index contributed by atoms with van der Waals surface area (Å²) in [6, 6.07) is 2.45. The van der Waals surface area contributed by atoms with Gasteiger partial charge in [0.05, 0.1) is 0 Å². The van der Waals surface area contributed by atoms with Crippen LogP contribution in [0.25, 0.3) is 0 Å². The lowest BCUT2D eigenvalue weighted by molar-refractivity contribution is 0.0227. The fourth-order valence-electron chi connectivity index (χ4n) is 4.59. The lowest BCUT2D eigenvalue weighted by atomic mass is 9.70. The number of rotatable bonds is 4. The van der Waals surface area contributed by atoms with Crippen molar-refractivity contribution in [1.82, 2.24) is 4.98 Å². The number of aromatic nitrogens is 1. The van der Waals surface area contributed by atoms with Gasteiger partial charge in [-0.15, -0.1) is 0 Å². The van der Waals surface area contributed by atoms with Crippen molar-refractivity contribution in [1.29, 1.82) is 0 Å². The van der Waals surface area contributed by atoms with Gasteiger partial charge in [0.25, 0.3) is 0 Å². The Labute approximate surface area is 142 Å². The minimum absolute atomic E-state index is 0.322. The molecule has 2 fully saturated rings. The van der Waals surface area contributed by atoms with Crippen LogP contribution in [0.1, 0.15) is 71.4 Å². The largest absolute Gasteiger partial charge is 0.381 e. The standard InChI is InChI=1S/C21H33NO/c1-19(2,3)21(8-9-21)18-12-16(14-22-15-18)13-20(4,5)17-6-10-23-11-7-17/h12,14-15,17H,6-11,13H2,1-5H3. The van der Waals surface area contributed by atoms with Gasteiger partial charge in [0.1, 0.15) is 0 Å². The molecule has 0 atom stereocenters. The summed E-state index contributed by atoms with van der Waals surface area (Å²) in [4.78, 5) is 4.61. The topological polar surface area (TPSA) is 22.1 Å². The van der Waals surface area contributed by atoms with Crippen LogP contribution in [0.4, 0.5) is 0 Å². The van der Waals surface area contributed by atoms with Gasteiger partial charge >= 0.3 is 0 Å². The van der Waals surface area contributed by atoms with Gasteiger partial charge < -0.3 is 4.74 Å². The molecule has 2 aliphatic rings. The van der Waals surface area contributed by atoms with E-state index >= 15 is 0 Å². The number of hydrogen-bond donors (Lipinski definition) is 0. The van der Waals surface area contributed by atoms with E-state index in [0.29, 0.717) is 16.2 Å². The van der Waals surface area contributed by atoms with Crippen LogP contribution in [0.15, 0.2) is 18.5 Å². The molecule has 2 heterocycles. The molecule has 128 valence electrons. The molecule has 1 aliphatic heterocycles. The third-order valence-electron chi connectivity index (χ3n) is 6.52. The summed E-state index contributed by atoms with van der Waals surface area (Å²) in [5, 5.41) is 0. The van der Waals surface area contributed by atoms with Crippen LogP contribution in [0, 0.1) is 16.7 Å². The van der Waals surface area contributed by atoms with Gasteiger partial charge in [-0.3, -0.25) is 4.98 Å². The van der Waals surface area contributed by atoms with E-state index in [0.717, 1.165) is 25.6 Å². The van der Waals surface area contributed by atoms with Crippen LogP contribution in [0.3, 0.4) is 0 Å². The van der Waals surface area contributed by atoms with Crippen LogP contribution in [-0.2, 0) is 16.6 Å². The lowest BCUT2D eigenvalue weighted by Crippen LogP contribution is -2.32. The van der Waals surface area contributed by atoms with Crippen molar-refractivity contribution in [3.05, 3.63) is 29.6 Å². The highest BCUT2D eigenvalue weighted by atomic mass is 16.5. The van der Waals surface area contributed by atoms with Gasteiger partial charge in [-0.2, -0.15) is 0 Å². The predicted octanol–water partition coefficient (Wildman–Crippen LogP) is 5.15. The summed E-state index contributed by atoms with van der Waals surface area (Å²) >= 11 is 0. The fraction of sp³-hybridized carbons (Fsp3) is 0.762. The molecule has 3 rings (SSSR count). The Hall–Kier alpha value is -0.890. The highest BCUT2D eigenvalue weighted by Crippen LogP contribution is 2.59. The highest BCUT2D eigenvalue weighted by Gasteiger charge is 2.53. The Bertz CT molecular complexity index is 545. The van der Waals surface area contributed by atoms with E-state index in [-0.39, 0.29) is 0 Å². The molecule has 1 aliphatic carbocycles. The minimum Gasteiger partial charge on any atom is -0.381 e. The maximum Gasteiger partial charge on any atom is 0.0468 e. The maximum absolute atomic E-state index is 5.54. The summed E-state index contributed by atoms with van der Waals surface area (Å²) < 4.78 is 5.54. The van der Waals surface area contributed by atoms with Crippen molar-refractivity contribution in [2.75, 3.05) is 13.2 Å². The van der Waals surface area contributed by atoms with E-state index in [4.69, 9.17) is 4.74 Å². The lowest BCUT2D eigenvalue weighted by Gasteiger charge is -2.37. The second-order valence-corrected chi connectivity index (χ2v) is 9.47. The molecule has 0 aromatic carbocycles. The first-order valence-electron chi connectivity index (χ1n) is 9.27. The van der Waals surface area contributed by atoms with Gasteiger partial charge in [0.2, 0.25) is 0 Å². The molecular weight excluding hydrogens is 282 g/mol. The van der Waals surface area contributed by atoms with Crippen molar-refractivity contribution in [2.24, 2.45) is 16.7 Å². The molecule has 0 unspecified atom stereocenters. The summed E-state index contributed by atoms with van der Waals surface area (Å²) in [5.41, 5.74) is 3.88. The number of nitrogens with zero attached hydrogens (tertiary/aromatic N) is 1. The monoisotopic (exact) mass is 315 g/mol. The number of hydrogen-bond acceptors (Lipinski definition) is 2. The second kappa shape index (κ2) is 5.88. The van der Waals surface area contributed by atoms with Crippen molar-refractivity contribution in [3.8, 4) is 0 Å². The van der Waals surface area contributed by atoms with Crippen LogP contribution in [-0.4, -0.2) is 18.2 Å². The Morgan fingerprint density at radius 2 is 1.74 bits per heavy atom. The molecule has 2 nitrogen and oxygen atoms in total. The molecule has 1 aromatic heterocycles. The predicted molar refractivity (Wildman–Crippen MR) is 95.6 cm³/mol. The highest BCUT2D eigenvalue weighted by molar-refractivity contribution is 5.34. The molecule has 23 heavy (non-hydrogen) atoms. The number of pyridine rings is 1. The van der Waals surface area contributed by atoms with Crippen LogP contribution < -0.4 is 0 Å². The molecule has 0 N–H and O–H groups in total. The zero-order valence-corrected chi connectivity index (χ0v) is 15.6. The van der Waals surface area contributed by atoms with E-state index in [9.17, 15) is 0 Å². The smallest absolute Gasteiger partial charge is 0.0468 e. The first-order valence-corrected chi connectivity index (χ1v) is 9.27. The van der Waals surface area contributed by atoms with Gasteiger partial charge in [0.15, 0.2) is 0 Å². The molecule has 0 spiro atoms. The van der Waals surface area contributed by atoms with E-state index < -0.39 is 0 Å². The fourth-order valence-corrected chi connectivity index (χ4v) is 4.59. The molecule has 0 bridgehead atoms. The normalized spacial score (nSPS) is 22.1. The minimum atomic E-state index is 0.322. The molecule has 2 heteroatoms. The Balaban J connectivity index is 1.78. The molecule has 1 saturated carbocycles. The van der Waals surface area contributed by atoms with Gasteiger partial charge in [-0.1, -0.05) is 40.7 Å². The Kier molecular flexibility index (Phi) is 4.33. The van der Waals surface area contributed by atoms with Gasteiger partial charge in [0, 0.05) is 31.0 Å². The first-order chi connectivity index (χ1) is 10.7. The molecule has 0 amide bonds. The quantitative estimate of drug-likeness (QED) is 0.766. The SMILES string of the molecule is CC(C)(Cc1cncc(C2(C(C)(C)C)CC2)c1)C1CCOCC1. The number of ether oxygens (including phenoxy) is 1. The van der Waals surface area contributed by atoms with E-state index in [1.807, 2.05) is 0 Å². The van der Waals surface area contributed by atoms with E-state index in [1.54, 1.807) is 0 Å². The Morgan fingerprint density at radius 3 is 2.30 bits per heavy atom. The second-order valence-electron chi connectivity index (χ2n) is 9.47. The zero-order chi connectivity index (χ0) is 16.7. The van der Waals surface area contributed by atoms with E-state index in [1.165, 1.54) is 36.8 Å². The zero-order valence-electron chi connectivity index (χ0n) is 15.6. The third kappa shape index (κ3) is 3.33. The maximum atomic E-state index is 5.54. The molecule has 1 saturated heterocycles. The third-order valence-corrected chi connectivity index (χ3v) is 6.52. The average molecular weight is 316 g/mol. The van der Waals surface area contributed by atoms with Crippen LogP contribution >= 0.6 is 0 Å². The van der Waals surface area contributed by atoms with Gasteiger partial charge in [-0.25, -0.2) is 0 Å². The summed E-state index contributed by atoms with van der Waals surface area (Å²) in [6.07, 6.45) is 10.3. The van der Waals surface area contributed by atoms with Crippen LogP contribution in [0.5, 0.6) is 0 Å². The van der Waals surface area contributed by atoms with Crippen molar-refractivity contribution in [3.63, 3.8) is 0 Å². The van der Waals surface area contributed by atoms with Crippen LogP contribution in [0.2, 0.25) is 0 Å². The summed E-state index contributed by atoms with van der Waals surface area (Å²) in [5.74, 6) is 0.761. The van der Waals surface area contributed by atoms with Crippen molar-refractivity contribution < 1.29 is 4.74 Å². The molecule has 0 radical (unpaired) electrons. The molecule has 1 aromatic rings. The van der Waals surface area contributed by atoms with Gasteiger partial charge in [-0.05, 0) is 60.0 Å². The summed E-state index contributed by atoms with van der Waals surface area (Å²) in [6.45, 7) is 13.8. The van der Waals surface area contributed by atoms with Crippen molar-refractivity contribution in [2.45, 2.75) is 72.1 Å². The summed E-state index contributed by atoms with van der Waals surface area (Å²) in [7, 11) is 0. The average Bonchev–Trinajstić information content (AvgIpc) is 3.29. The molecular formula is C21H33NO. The Morgan fingerprint density at radius 1 is 1.09 bits per heavy atom. The van der Waals surface area contributed by atoms with Crippen molar-refractivity contribution >= 4 is 0 Å².